The van der Waals surface area contributed by atoms with Crippen molar-refractivity contribution < 1.29 is 27.8 Å². The minimum atomic E-state index is -1.11. The molecule has 37 heavy (non-hydrogen) atoms. The van der Waals surface area contributed by atoms with E-state index in [1.165, 1.54) is 43.2 Å². The number of benzene rings is 3. The number of methoxy groups -OCH3 is 2. The molecule has 0 atom stereocenters. The molecule has 0 unspecified atom stereocenters. The molecule has 9 heteroatoms. The molecule has 0 aliphatic carbocycles. The van der Waals surface area contributed by atoms with Gasteiger partial charge in [0.1, 0.15) is 6.54 Å². The number of rotatable bonds is 7. The smallest absolute Gasteiger partial charge is 0.244 e. The number of nitrogens with one attached hydrogen (secondary N) is 1. The van der Waals surface area contributed by atoms with Crippen LogP contribution >= 0.6 is 0 Å². The number of amides is 1. The first-order valence-electron chi connectivity index (χ1n) is 11.3. The zero-order valence-electron chi connectivity index (χ0n) is 20.6. The van der Waals surface area contributed by atoms with Crippen molar-refractivity contribution in [1.29, 1.82) is 0 Å². The molecule has 190 valence electrons. The van der Waals surface area contributed by atoms with E-state index < -0.39 is 28.8 Å². The Morgan fingerprint density at radius 1 is 0.892 bits per heavy atom. The summed E-state index contributed by atoms with van der Waals surface area (Å²) in [7, 11) is 2.85. The van der Waals surface area contributed by atoms with Crippen molar-refractivity contribution >= 4 is 28.3 Å². The van der Waals surface area contributed by atoms with Crippen molar-refractivity contribution in [3.63, 3.8) is 0 Å². The van der Waals surface area contributed by atoms with Crippen LogP contribution < -0.4 is 20.2 Å². The zero-order valence-corrected chi connectivity index (χ0v) is 20.6. The number of ether oxygens (including phenoxy) is 2. The first kappa shape index (κ1) is 25.6. The van der Waals surface area contributed by atoms with Gasteiger partial charge in [0.05, 0.1) is 30.7 Å². The predicted molar refractivity (Wildman–Crippen MR) is 136 cm³/mol. The fourth-order valence-electron chi connectivity index (χ4n) is 3.98. The van der Waals surface area contributed by atoms with Crippen molar-refractivity contribution in [2.45, 2.75) is 20.4 Å². The topological polar surface area (TPSA) is 86.6 Å². The summed E-state index contributed by atoms with van der Waals surface area (Å²) in [6.45, 7) is 3.45. The maximum Gasteiger partial charge on any atom is 0.244 e. The van der Waals surface area contributed by atoms with Gasteiger partial charge in [-0.3, -0.25) is 14.4 Å². The monoisotopic (exact) mass is 506 g/mol. The van der Waals surface area contributed by atoms with E-state index in [9.17, 15) is 23.2 Å². The highest BCUT2D eigenvalue weighted by molar-refractivity contribution is 6.10. The summed E-state index contributed by atoms with van der Waals surface area (Å²) in [4.78, 5) is 39.7. The maximum atomic E-state index is 13.6. The van der Waals surface area contributed by atoms with Gasteiger partial charge in [0.25, 0.3) is 0 Å². The lowest BCUT2D eigenvalue weighted by molar-refractivity contribution is -0.116. The molecule has 1 amide bonds. The second-order valence-corrected chi connectivity index (χ2v) is 8.53. The Kier molecular flexibility index (Phi) is 7.06. The first-order chi connectivity index (χ1) is 17.6. The summed E-state index contributed by atoms with van der Waals surface area (Å²) in [6, 6.07) is 11.1. The summed E-state index contributed by atoms with van der Waals surface area (Å²) in [5, 5.41) is 2.64. The Morgan fingerprint density at radius 3 is 2.24 bits per heavy atom. The summed E-state index contributed by atoms with van der Waals surface area (Å²) >= 11 is 0. The van der Waals surface area contributed by atoms with E-state index >= 15 is 0 Å². The van der Waals surface area contributed by atoms with Crippen LogP contribution in [0.25, 0.3) is 10.9 Å². The van der Waals surface area contributed by atoms with Gasteiger partial charge in [0.2, 0.25) is 11.3 Å². The molecule has 0 fully saturated rings. The minimum absolute atomic E-state index is 0.0555. The molecule has 0 aliphatic heterocycles. The first-order valence-corrected chi connectivity index (χ1v) is 11.3. The van der Waals surface area contributed by atoms with E-state index in [-0.39, 0.29) is 28.9 Å². The highest BCUT2D eigenvalue weighted by Crippen LogP contribution is 2.31. The van der Waals surface area contributed by atoms with Gasteiger partial charge in [-0.25, -0.2) is 8.78 Å². The number of hydrogen-bond acceptors (Lipinski definition) is 5. The Morgan fingerprint density at radius 2 is 1.59 bits per heavy atom. The molecular formula is C28H24F2N2O5. The lowest BCUT2D eigenvalue weighted by Gasteiger charge is -2.16. The molecule has 1 N–H and O–H groups in total. The van der Waals surface area contributed by atoms with E-state index in [0.717, 1.165) is 23.3 Å². The van der Waals surface area contributed by atoms with E-state index in [1.54, 1.807) is 18.2 Å². The third-order valence-electron chi connectivity index (χ3n) is 6.12. The van der Waals surface area contributed by atoms with Gasteiger partial charge < -0.3 is 19.4 Å². The standard InChI is InChI=1S/C28H24F2N2O5/c1-15-5-6-17(9-16(15)2)27(34)20-13-32(14-26(33)31-18-7-8-21(29)22(30)10-18)23-12-25(37-4)24(36-3)11-19(23)28(20)35/h5-13H,14H2,1-4H3,(H,31,33). The van der Waals surface area contributed by atoms with E-state index in [1.807, 2.05) is 13.8 Å². The number of carbonyl (C=O) groups is 2. The van der Waals surface area contributed by atoms with Crippen LogP contribution in [0.15, 0.2) is 59.5 Å². The van der Waals surface area contributed by atoms with Crippen molar-refractivity contribution in [1.82, 2.24) is 4.57 Å². The van der Waals surface area contributed by atoms with Crippen LogP contribution in [0.5, 0.6) is 11.5 Å². The number of carbonyl (C=O) groups excluding carboxylic acids is 2. The quantitative estimate of drug-likeness (QED) is 0.365. The van der Waals surface area contributed by atoms with Crippen LogP contribution in [-0.2, 0) is 11.3 Å². The van der Waals surface area contributed by atoms with Crippen molar-refractivity contribution in [2.75, 3.05) is 19.5 Å². The number of anilines is 1. The summed E-state index contributed by atoms with van der Waals surface area (Å²) < 4.78 is 39.0. The van der Waals surface area contributed by atoms with Crippen molar-refractivity contribution in [3.8, 4) is 11.5 Å². The Balaban J connectivity index is 1.84. The molecule has 3 aromatic carbocycles. The van der Waals surface area contributed by atoms with E-state index in [4.69, 9.17) is 9.47 Å². The number of halogens is 2. The van der Waals surface area contributed by atoms with Crippen molar-refractivity contribution in [3.05, 3.63) is 98.8 Å². The second kappa shape index (κ2) is 10.2. The van der Waals surface area contributed by atoms with Gasteiger partial charge in [-0.15, -0.1) is 0 Å². The number of aryl methyl sites for hydroxylation is 2. The van der Waals surface area contributed by atoms with Gasteiger partial charge in [-0.2, -0.15) is 0 Å². The highest BCUT2D eigenvalue weighted by atomic mass is 19.2. The molecule has 4 rings (SSSR count). The predicted octanol–water partition coefficient (Wildman–Crippen LogP) is 4.78. The van der Waals surface area contributed by atoms with Crippen LogP contribution in [-0.4, -0.2) is 30.5 Å². The van der Waals surface area contributed by atoms with E-state index in [0.29, 0.717) is 16.8 Å². The number of aromatic nitrogens is 1. The van der Waals surface area contributed by atoms with Gasteiger partial charge in [-0.05, 0) is 49.2 Å². The lowest BCUT2D eigenvalue weighted by atomic mass is 9.98. The molecular weight excluding hydrogens is 482 g/mol. The fourth-order valence-corrected chi connectivity index (χ4v) is 3.98. The van der Waals surface area contributed by atoms with Gasteiger partial charge >= 0.3 is 0 Å². The number of nitrogens with zero attached hydrogens (tertiary/aromatic N) is 1. The van der Waals surface area contributed by atoms with Crippen LogP contribution in [0.3, 0.4) is 0 Å². The Labute approximate surface area is 211 Å². The maximum absolute atomic E-state index is 13.6. The fraction of sp³-hybridized carbons (Fsp3) is 0.179. The molecule has 1 aromatic heterocycles. The SMILES string of the molecule is COc1cc2c(=O)c(C(=O)c3ccc(C)c(C)c3)cn(CC(=O)Nc3ccc(F)c(F)c3)c2cc1OC. The second-order valence-electron chi connectivity index (χ2n) is 8.53. The van der Waals surface area contributed by atoms with E-state index in [2.05, 4.69) is 5.32 Å². The molecule has 0 spiro atoms. The van der Waals surface area contributed by atoms with Crippen LogP contribution in [0.1, 0.15) is 27.0 Å². The summed E-state index contributed by atoms with van der Waals surface area (Å²) in [6.07, 6.45) is 1.32. The molecule has 1 heterocycles. The number of hydrogen-bond donors (Lipinski definition) is 1. The average molecular weight is 507 g/mol. The average Bonchev–Trinajstić information content (AvgIpc) is 2.88. The minimum Gasteiger partial charge on any atom is -0.493 e. The number of ketones is 1. The van der Waals surface area contributed by atoms with Crippen LogP contribution in [0.4, 0.5) is 14.5 Å². The summed E-state index contributed by atoms with van der Waals surface area (Å²) in [5.41, 5.74) is 1.93. The highest BCUT2D eigenvalue weighted by Gasteiger charge is 2.21. The molecule has 0 radical (unpaired) electrons. The molecule has 0 bridgehead atoms. The van der Waals surface area contributed by atoms with Gasteiger partial charge in [0, 0.05) is 29.6 Å². The third-order valence-corrected chi connectivity index (χ3v) is 6.12. The Hall–Kier alpha value is -4.53. The number of fused-ring (bicyclic) bond motifs is 1. The molecule has 0 aliphatic rings. The Bertz CT molecular complexity index is 1610. The molecule has 0 saturated heterocycles. The zero-order chi connectivity index (χ0) is 26.9. The summed E-state index contributed by atoms with van der Waals surface area (Å²) in [5.74, 6) is -2.64. The van der Waals surface area contributed by atoms with Gasteiger partial charge in [-0.1, -0.05) is 12.1 Å². The van der Waals surface area contributed by atoms with Crippen LogP contribution in [0.2, 0.25) is 0 Å². The van der Waals surface area contributed by atoms with Crippen molar-refractivity contribution in [2.24, 2.45) is 0 Å². The third kappa shape index (κ3) is 5.06. The molecule has 0 saturated carbocycles. The molecule has 4 aromatic rings. The normalized spacial score (nSPS) is 10.9. The number of pyridine rings is 1. The molecule has 7 nitrogen and oxygen atoms in total. The lowest BCUT2D eigenvalue weighted by Crippen LogP contribution is -2.24. The van der Waals surface area contributed by atoms with Crippen LogP contribution in [0, 0.1) is 25.5 Å². The largest absolute Gasteiger partial charge is 0.493 e. The van der Waals surface area contributed by atoms with Gasteiger partial charge in [0.15, 0.2) is 28.9 Å².